The zero-order valence-corrected chi connectivity index (χ0v) is 10.3. The van der Waals surface area contributed by atoms with Crippen LogP contribution in [-0.2, 0) is 6.54 Å². The third-order valence-electron chi connectivity index (χ3n) is 2.67. The van der Waals surface area contributed by atoms with Crippen molar-refractivity contribution < 1.29 is 0 Å². The van der Waals surface area contributed by atoms with Gasteiger partial charge in [0.2, 0.25) is 0 Å². The summed E-state index contributed by atoms with van der Waals surface area (Å²) in [5.74, 6) is 0. The normalized spacial score (nSPS) is 11.0. The molecular weight excluding hydrogens is 212 g/mol. The lowest BCUT2D eigenvalue weighted by Crippen LogP contribution is -2.18. The Morgan fingerprint density at radius 3 is 2.94 bits per heavy atom. The first-order valence-electron chi connectivity index (χ1n) is 5.94. The summed E-state index contributed by atoms with van der Waals surface area (Å²) in [4.78, 5) is 6.62. The van der Waals surface area contributed by atoms with E-state index in [4.69, 9.17) is 0 Å². The molecule has 2 heterocycles. The molecule has 2 aromatic rings. The molecule has 0 aromatic carbocycles. The summed E-state index contributed by atoms with van der Waals surface area (Å²) >= 11 is 0. The van der Waals surface area contributed by atoms with Gasteiger partial charge < -0.3 is 4.90 Å². The first-order valence-corrected chi connectivity index (χ1v) is 5.94. The number of nitrogens with zero attached hydrogens (tertiary/aromatic N) is 3. The summed E-state index contributed by atoms with van der Waals surface area (Å²) in [6.07, 6.45) is 4.91. The van der Waals surface area contributed by atoms with Crippen molar-refractivity contribution in [3.63, 3.8) is 0 Å². The van der Waals surface area contributed by atoms with Crippen molar-refractivity contribution in [3.8, 4) is 11.4 Å². The number of nitrogens with one attached hydrogen (secondary N) is 1. The van der Waals surface area contributed by atoms with E-state index in [0.717, 1.165) is 30.9 Å². The molecule has 0 saturated heterocycles. The highest BCUT2D eigenvalue weighted by atomic mass is 15.1. The van der Waals surface area contributed by atoms with Crippen LogP contribution in [0.1, 0.15) is 18.9 Å². The predicted octanol–water partition coefficient (Wildman–Crippen LogP) is 2.31. The maximum Gasteiger partial charge on any atom is 0.115 e. The average Bonchev–Trinajstić information content (AvgIpc) is 2.78. The van der Waals surface area contributed by atoms with Gasteiger partial charge in [-0.25, -0.2) is 0 Å². The molecule has 4 heteroatoms. The van der Waals surface area contributed by atoms with Crippen molar-refractivity contribution in [2.24, 2.45) is 0 Å². The van der Waals surface area contributed by atoms with E-state index in [1.54, 1.807) is 6.20 Å². The van der Waals surface area contributed by atoms with Crippen LogP contribution in [0.4, 0.5) is 0 Å². The average molecular weight is 230 g/mol. The maximum absolute atomic E-state index is 4.33. The Balaban J connectivity index is 2.18. The minimum Gasteiger partial charge on any atom is -0.302 e. The zero-order valence-electron chi connectivity index (χ0n) is 10.3. The van der Waals surface area contributed by atoms with Gasteiger partial charge in [0.15, 0.2) is 0 Å². The molecule has 0 saturated carbocycles. The molecule has 4 nitrogen and oxygen atoms in total. The monoisotopic (exact) mass is 230 g/mol. The summed E-state index contributed by atoms with van der Waals surface area (Å²) < 4.78 is 0. The molecule has 0 radical (unpaired) electrons. The molecular formula is C13H18N4. The fourth-order valence-electron chi connectivity index (χ4n) is 1.91. The maximum atomic E-state index is 4.33. The Morgan fingerprint density at radius 2 is 2.24 bits per heavy atom. The van der Waals surface area contributed by atoms with E-state index in [-0.39, 0.29) is 0 Å². The van der Waals surface area contributed by atoms with Gasteiger partial charge in [0.05, 0.1) is 5.69 Å². The van der Waals surface area contributed by atoms with Crippen molar-refractivity contribution in [1.82, 2.24) is 20.1 Å². The van der Waals surface area contributed by atoms with Gasteiger partial charge in [0, 0.05) is 24.5 Å². The van der Waals surface area contributed by atoms with E-state index in [1.807, 2.05) is 24.4 Å². The van der Waals surface area contributed by atoms with Crippen LogP contribution in [0.5, 0.6) is 0 Å². The number of aromatic amines is 1. The summed E-state index contributed by atoms with van der Waals surface area (Å²) in [6, 6.07) is 5.88. The molecule has 0 aliphatic carbocycles. The second-order valence-corrected chi connectivity index (χ2v) is 4.21. The van der Waals surface area contributed by atoms with Gasteiger partial charge in [-0.05, 0) is 32.1 Å². The van der Waals surface area contributed by atoms with E-state index in [0.29, 0.717) is 0 Å². The lowest BCUT2D eigenvalue weighted by molar-refractivity contribution is 0.328. The number of pyridine rings is 1. The molecule has 0 atom stereocenters. The van der Waals surface area contributed by atoms with Crippen LogP contribution in [0.2, 0.25) is 0 Å². The fraction of sp³-hybridized carbons (Fsp3) is 0.385. The van der Waals surface area contributed by atoms with Crippen molar-refractivity contribution in [3.05, 3.63) is 36.2 Å². The molecule has 90 valence electrons. The molecule has 0 fully saturated rings. The minimum atomic E-state index is 0.899. The topological polar surface area (TPSA) is 44.8 Å². The third-order valence-corrected chi connectivity index (χ3v) is 2.67. The van der Waals surface area contributed by atoms with Gasteiger partial charge in [-0.2, -0.15) is 5.10 Å². The lowest BCUT2D eigenvalue weighted by atomic mass is 10.1. The molecule has 2 aromatic heterocycles. The summed E-state index contributed by atoms with van der Waals surface area (Å²) in [5.41, 5.74) is 3.07. The molecule has 1 N–H and O–H groups in total. The van der Waals surface area contributed by atoms with Crippen molar-refractivity contribution in [2.45, 2.75) is 19.9 Å². The van der Waals surface area contributed by atoms with E-state index < -0.39 is 0 Å². The van der Waals surface area contributed by atoms with Crippen molar-refractivity contribution in [1.29, 1.82) is 0 Å². The van der Waals surface area contributed by atoms with E-state index in [1.165, 1.54) is 5.56 Å². The van der Waals surface area contributed by atoms with Gasteiger partial charge in [0.25, 0.3) is 0 Å². The largest absolute Gasteiger partial charge is 0.302 e. The van der Waals surface area contributed by atoms with Crippen LogP contribution in [0.15, 0.2) is 30.6 Å². The molecule has 0 aliphatic heterocycles. The molecule has 0 aliphatic rings. The quantitative estimate of drug-likeness (QED) is 0.857. The first kappa shape index (κ1) is 11.8. The molecule has 0 bridgehead atoms. The number of aromatic nitrogens is 3. The van der Waals surface area contributed by atoms with Crippen molar-refractivity contribution >= 4 is 0 Å². The van der Waals surface area contributed by atoms with Gasteiger partial charge in [-0.3, -0.25) is 10.1 Å². The Bertz CT molecular complexity index is 449. The summed E-state index contributed by atoms with van der Waals surface area (Å²) in [5, 5.41) is 7.21. The van der Waals surface area contributed by atoms with E-state index >= 15 is 0 Å². The van der Waals surface area contributed by atoms with Gasteiger partial charge >= 0.3 is 0 Å². The zero-order chi connectivity index (χ0) is 12.1. The van der Waals surface area contributed by atoms with E-state index in [9.17, 15) is 0 Å². The SMILES string of the molecule is CCCN(C)Cc1c[nH]nc1-c1ccccn1. The molecule has 0 amide bonds. The van der Waals surface area contributed by atoms with E-state index in [2.05, 4.69) is 34.1 Å². The highest BCUT2D eigenvalue weighted by molar-refractivity contribution is 5.57. The van der Waals surface area contributed by atoms with Crippen LogP contribution >= 0.6 is 0 Å². The summed E-state index contributed by atoms with van der Waals surface area (Å²) in [7, 11) is 2.12. The second kappa shape index (κ2) is 5.59. The smallest absolute Gasteiger partial charge is 0.115 e. The molecule has 0 spiro atoms. The van der Waals surface area contributed by atoms with Crippen LogP contribution in [0, 0.1) is 0 Å². The predicted molar refractivity (Wildman–Crippen MR) is 68.4 cm³/mol. The Morgan fingerprint density at radius 1 is 1.35 bits per heavy atom. The second-order valence-electron chi connectivity index (χ2n) is 4.21. The van der Waals surface area contributed by atoms with Crippen LogP contribution < -0.4 is 0 Å². The highest BCUT2D eigenvalue weighted by Gasteiger charge is 2.10. The number of H-pyrrole nitrogens is 1. The Kier molecular flexibility index (Phi) is 3.88. The number of rotatable bonds is 5. The van der Waals surface area contributed by atoms with Gasteiger partial charge in [-0.15, -0.1) is 0 Å². The third kappa shape index (κ3) is 2.91. The standard InChI is InChI=1S/C13H18N4/c1-3-8-17(2)10-11-9-15-16-13(11)12-6-4-5-7-14-12/h4-7,9H,3,8,10H2,1-2H3,(H,15,16). The minimum absolute atomic E-state index is 0.899. The van der Waals surface area contributed by atoms with Crippen molar-refractivity contribution in [2.75, 3.05) is 13.6 Å². The molecule has 17 heavy (non-hydrogen) atoms. The first-order chi connectivity index (χ1) is 8.31. The van der Waals surface area contributed by atoms with Gasteiger partial charge in [0.1, 0.15) is 5.69 Å². The number of hydrogen-bond donors (Lipinski definition) is 1. The highest BCUT2D eigenvalue weighted by Crippen LogP contribution is 2.19. The molecule has 0 unspecified atom stereocenters. The fourth-order valence-corrected chi connectivity index (χ4v) is 1.91. The molecule has 2 rings (SSSR count). The van der Waals surface area contributed by atoms with Crippen LogP contribution in [-0.4, -0.2) is 33.7 Å². The van der Waals surface area contributed by atoms with Crippen LogP contribution in [0.25, 0.3) is 11.4 Å². The summed E-state index contributed by atoms with van der Waals surface area (Å²) in [6.45, 7) is 4.18. The van der Waals surface area contributed by atoms with Gasteiger partial charge in [-0.1, -0.05) is 13.0 Å². The lowest BCUT2D eigenvalue weighted by Gasteiger charge is -2.14. The number of hydrogen-bond acceptors (Lipinski definition) is 3. The Labute approximate surface area is 102 Å². The van der Waals surface area contributed by atoms with Crippen LogP contribution in [0.3, 0.4) is 0 Å². The Hall–Kier alpha value is -1.68.